The molecule has 0 spiro atoms. The molecule has 21 heavy (non-hydrogen) atoms. The van der Waals surface area contributed by atoms with Crippen molar-refractivity contribution in [1.82, 2.24) is 9.97 Å². The first kappa shape index (κ1) is 13.5. The highest BCUT2D eigenvalue weighted by Gasteiger charge is 2.20. The van der Waals surface area contributed by atoms with Gasteiger partial charge in [-0.3, -0.25) is 0 Å². The van der Waals surface area contributed by atoms with Crippen LogP contribution in [-0.4, -0.2) is 40.3 Å². The Morgan fingerprint density at radius 1 is 1.43 bits per heavy atom. The van der Waals surface area contributed by atoms with E-state index in [9.17, 15) is 9.18 Å². The summed E-state index contributed by atoms with van der Waals surface area (Å²) < 4.78 is 18.3. The Hall–Kier alpha value is -2.44. The molecule has 2 aromatic heterocycles. The van der Waals surface area contributed by atoms with Gasteiger partial charge in [0.15, 0.2) is 5.69 Å². The van der Waals surface area contributed by atoms with Crippen molar-refractivity contribution in [2.45, 2.75) is 19.0 Å². The van der Waals surface area contributed by atoms with E-state index < -0.39 is 12.1 Å². The van der Waals surface area contributed by atoms with Gasteiger partial charge in [-0.2, -0.15) is 0 Å². The molecule has 6 nitrogen and oxygen atoms in total. The summed E-state index contributed by atoms with van der Waals surface area (Å²) in [5, 5.41) is 8.85. The van der Waals surface area contributed by atoms with Gasteiger partial charge in [-0.1, -0.05) is 0 Å². The van der Waals surface area contributed by atoms with E-state index >= 15 is 0 Å². The number of pyridine rings is 1. The third-order valence-electron chi connectivity index (χ3n) is 3.46. The van der Waals surface area contributed by atoms with Gasteiger partial charge in [0.05, 0.1) is 0 Å². The number of aromatic carboxylic acids is 1. The molecule has 1 N–H and O–H groups in total. The maximum Gasteiger partial charge on any atom is 0.357 e. The van der Waals surface area contributed by atoms with E-state index in [0.29, 0.717) is 31.5 Å². The number of oxazole rings is 1. The van der Waals surface area contributed by atoms with Crippen molar-refractivity contribution in [2.75, 3.05) is 18.0 Å². The number of carboxylic acid groups (broad SMARTS) is 1. The summed E-state index contributed by atoms with van der Waals surface area (Å²) in [5.74, 6) is -0.185. The zero-order valence-corrected chi connectivity index (χ0v) is 11.2. The molecule has 1 fully saturated rings. The maximum absolute atomic E-state index is 13.2. The highest BCUT2D eigenvalue weighted by molar-refractivity contribution is 5.85. The molecule has 1 saturated heterocycles. The van der Waals surface area contributed by atoms with Crippen molar-refractivity contribution in [3.63, 3.8) is 0 Å². The first-order valence-corrected chi connectivity index (χ1v) is 6.68. The average Bonchev–Trinajstić information content (AvgIpc) is 2.98. The van der Waals surface area contributed by atoms with Crippen molar-refractivity contribution in [3.05, 3.63) is 30.3 Å². The van der Waals surface area contributed by atoms with Gasteiger partial charge in [-0.25, -0.2) is 19.2 Å². The summed E-state index contributed by atoms with van der Waals surface area (Å²) in [6.07, 6.45) is 2.96. The second-order valence-electron chi connectivity index (χ2n) is 4.91. The Balaban J connectivity index is 1.83. The monoisotopic (exact) mass is 291 g/mol. The minimum Gasteiger partial charge on any atom is -0.476 e. The number of hydrogen-bond acceptors (Lipinski definition) is 5. The smallest absolute Gasteiger partial charge is 0.357 e. The molecule has 7 heteroatoms. The summed E-state index contributed by atoms with van der Waals surface area (Å²) in [6.45, 7) is 1.23. The number of carbonyl (C=O) groups is 1. The van der Waals surface area contributed by atoms with Gasteiger partial charge >= 0.3 is 5.97 Å². The number of carboxylic acids is 1. The summed E-state index contributed by atoms with van der Waals surface area (Å²) in [7, 11) is 0. The summed E-state index contributed by atoms with van der Waals surface area (Å²) >= 11 is 0. The Morgan fingerprint density at radius 3 is 2.86 bits per heavy atom. The fourth-order valence-electron chi connectivity index (χ4n) is 2.31. The molecule has 0 aliphatic carbocycles. The molecule has 0 radical (unpaired) electrons. The number of nitrogens with zero attached hydrogens (tertiary/aromatic N) is 3. The summed E-state index contributed by atoms with van der Waals surface area (Å²) in [4.78, 5) is 21.0. The van der Waals surface area contributed by atoms with Crippen molar-refractivity contribution in [3.8, 4) is 11.5 Å². The van der Waals surface area contributed by atoms with Crippen molar-refractivity contribution in [2.24, 2.45) is 0 Å². The summed E-state index contributed by atoms with van der Waals surface area (Å²) in [6, 6.07) is 3.47. The largest absolute Gasteiger partial charge is 0.476 e. The second kappa shape index (κ2) is 5.51. The van der Waals surface area contributed by atoms with Gasteiger partial charge in [-0.15, -0.1) is 0 Å². The molecule has 0 bridgehead atoms. The van der Waals surface area contributed by atoms with Gasteiger partial charge in [0, 0.05) is 24.8 Å². The van der Waals surface area contributed by atoms with Crippen LogP contribution in [0.1, 0.15) is 23.3 Å². The molecular weight excluding hydrogens is 277 g/mol. The fourth-order valence-corrected chi connectivity index (χ4v) is 2.31. The fraction of sp³-hybridized carbons (Fsp3) is 0.357. The molecule has 1 aliphatic heterocycles. The number of alkyl halides is 1. The molecular formula is C14H14FN3O3. The molecule has 0 saturated carbocycles. The van der Waals surface area contributed by atoms with Gasteiger partial charge in [-0.05, 0) is 25.0 Å². The van der Waals surface area contributed by atoms with E-state index in [-0.39, 0.29) is 11.6 Å². The number of halogens is 1. The van der Waals surface area contributed by atoms with Crippen LogP contribution in [0.2, 0.25) is 0 Å². The van der Waals surface area contributed by atoms with Gasteiger partial charge in [0.2, 0.25) is 5.89 Å². The Morgan fingerprint density at radius 2 is 2.19 bits per heavy atom. The van der Waals surface area contributed by atoms with Gasteiger partial charge in [0.1, 0.15) is 18.3 Å². The SMILES string of the molecule is O=C(O)c1coc(-c2ccnc(N3CCC(F)CC3)c2)n1. The van der Waals surface area contributed by atoms with Crippen LogP contribution in [0.5, 0.6) is 0 Å². The maximum atomic E-state index is 13.2. The van der Waals surface area contributed by atoms with Crippen LogP contribution in [0.4, 0.5) is 10.2 Å². The standard InChI is InChI=1S/C14H14FN3O3/c15-10-2-5-18(6-3-10)12-7-9(1-4-16-12)13-17-11(8-21-13)14(19)20/h1,4,7-8,10H,2-3,5-6H2,(H,19,20). The van der Waals surface area contributed by atoms with E-state index in [1.165, 1.54) is 0 Å². The normalized spacial score (nSPS) is 16.1. The first-order chi connectivity index (χ1) is 10.1. The predicted octanol–water partition coefficient (Wildman–Crippen LogP) is 2.37. The lowest BCUT2D eigenvalue weighted by atomic mass is 10.1. The van der Waals surface area contributed by atoms with Crippen molar-refractivity contribution < 1.29 is 18.7 Å². The van der Waals surface area contributed by atoms with Crippen LogP contribution < -0.4 is 4.90 Å². The highest BCUT2D eigenvalue weighted by atomic mass is 19.1. The molecule has 2 aromatic rings. The minimum absolute atomic E-state index is 0.137. The van der Waals surface area contributed by atoms with E-state index in [1.807, 2.05) is 4.90 Å². The molecule has 0 aromatic carbocycles. The van der Waals surface area contributed by atoms with Crippen molar-refractivity contribution in [1.29, 1.82) is 0 Å². The quantitative estimate of drug-likeness (QED) is 0.935. The molecule has 0 amide bonds. The molecule has 3 heterocycles. The van der Waals surface area contributed by atoms with Crippen LogP contribution >= 0.6 is 0 Å². The zero-order chi connectivity index (χ0) is 14.8. The second-order valence-corrected chi connectivity index (χ2v) is 4.91. The Labute approximate surface area is 120 Å². The predicted molar refractivity (Wildman–Crippen MR) is 73.0 cm³/mol. The third kappa shape index (κ3) is 2.86. The zero-order valence-electron chi connectivity index (χ0n) is 11.2. The van der Waals surface area contributed by atoms with Crippen LogP contribution in [0.15, 0.2) is 29.0 Å². The highest BCUT2D eigenvalue weighted by Crippen LogP contribution is 2.25. The topological polar surface area (TPSA) is 79.5 Å². The molecule has 3 rings (SSSR count). The first-order valence-electron chi connectivity index (χ1n) is 6.68. The van der Waals surface area contributed by atoms with Crippen LogP contribution in [0.25, 0.3) is 11.5 Å². The van der Waals surface area contributed by atoms with Crippen molar-refractivity contribution >= 4 is 11.8 Å². The van der Waals surface area contributed by atoms with Gasteiger partial charge in [0.25, 0.3) is 0 Å². The molecule has 0 unspecified atom stereocenters. The number of aromatic nitrogens is 2. The molecule has 1 aliphatic rings. The lowest BCUT2D eigenvalue weighted by Gasteiger charge is -2.29. The van der Waals surface area contributed by atoms with Crippen LogP contribution in [-0.2, 0) is 0 Å². The van der Waals surface area contributed by atoms with E-state index in [1.54, 1.807) is 18.3 Å². The van der Waals surface area contributed by atoms with E-state index in [0.717, 1.165) is 12.1 Å². The van der Waals surface area contributed by atoms with E-state index in [4.69, 9.17) is 9.52 Å². The van der Waals surface area contributed by atoms with Crippen LogP contribution in [0, 0.1) is 0 Å². The molecule has 110 valence electrons. The minimum atomic E-state index is -1.13. The van der Waals surface area contributed by atoms with Crippen LogP contribution in [0.3, 0.4) is 0 Å². The lowest BCUT2D eigenvalue weighted by Crippen LogP contribution is -2.34. The third-order valence-corrected chi connectivity index (χ3v) is 3.46. The number of hydrogen-bond donors (Lipinski definition) is 1. The Bertz CT molecular complexity index is 650. The number of rotatable bonds is 3. The van der Waals surface area contributed by atoms with Gasteiger partial charge < -0.3 is 14.4 Å². The number of anilines is 1. The lowest BCUT2D eigenvalue weighted by molar-refractivity contribution is 0.0690. The average molecular weight is 291 g/mol. The molecule has 0 atom stereocenters. The number of piperidine rings is 1. The summed E-state index contributed by atoms with van der Waals surface area (Å²) in [5.41, 5.74) is 0.511. The van der Waals surface area contributed by atoms with E-state index in [2.05, 4.69) is 9.97 Å². The Kier molecular flexibility index (Phi) is 3.55.